The minimum atomic E-state index is -3.82. The van der Waals surface area contributed by atoms with E-state index in [2.05, 4.69) is 0 Å². The molecule has 1 aromatic carbocycles. The summed E-state index contributed by atoms with van der Waals surface area (Å²) in [6, 6.07) is 3.97. The van der Waals surface area contributed by atoms with Gasteiger partial charge in [0.15, 0.2) is 0 Å². The molecule has 0 unspecified atom stereocenters. The van der Waals surface area contributed by atoms with Crippen molar-refractivity contribution in [2.45, 2.75) is 37.3 Å². The molecule has 1 aliphatic rings. The van der Waals surface area contributed by atoms with Crippen LogP contribution in [0.5, 0.6) is 0 Å². The Kier molecular flexibility index (Phi) is 5.32. The highest BCUT2D eigenvalue weighted by atomic mass is 32.2. The van der Waals surface area contributed by atoms with E-state index in [4.69, 9.17) is 10.5 Å². The first kappa shape index (κ1) is 16.4. The third kappa shape index (κ3) is 3.60. The highest BCUT2D eigenvalue weighted by Gasteiger charge is 2.31. The zero-order chi connectivity index (χ0) is 15.5. The van der Waals surface area contributed by atoms with Gasteiger partial charge >= 0.3 is 0 Å². The second-order valence-corrected chi connectivity index (χ2v) is 6.93. The summed E-state index contributed by atoms with van der Waals surface area (Å²) in [6.07, 6.45) is 1.35. The molecule has 0 amide bonds. The van der Waals surface area contributed by atoms with E-state index in [0.29, 0.717) is 38.1 Å². The Morgan fingerprint density at radius 3 is 2.62 bits per heavy atom. The van der Waals surface area contributed by atoms with Crippen molar-refractivity contribution in [2.75, 3.05) is 19.7 Å². The summed E-state index contributed by atoms with van der Waals surface area (Å²) in [5, 5.41) is 0. The van der Waals surface area contributed by atoms with Crippen LogP contribution in [0.2, 0.25) is 0 Å². The maximum Gasteiger partial charge on any atom is 0.245 e. The second kappa shape index (κ2) is 6.83. The number of nitrogens with two attached hydrogens (primary N) is 1. The first-order valence-electron chi connectivity index (χ1n) is 7.09. The van der Waals surface area contributed by atoms with Crippen molar-refractivity contribution in [1.82, 2.24) is 4.31 Å². The molecular weight excluding hydrogens is 295 g/mol. The summed E-state index contributed by atoms with van der Waals surface area (Å²) in [7, 11) is -3.82. The first-order chi connectivity index (χ1) is 9.98. The molecule has 0 spiro atoms. The summed E-state index contributed by atoms with van der Waals surface area (Å²) in [5.74, 6) is -0.737. The van der Waals surface area contributed by atoms with Gasteiger partial charge in [0, 0.05) is 26.2 Å². The van der Waals surface area contributed by atoms with Crippen molar-refractivity contribution in [3.05, 3.63) is 29.6 Å². The van der Waals surface area contributed by atoms with Crippen LogP contribution in [0.15, 0.2) is 23.1 Å². The Hall–Kier alpha value is -1.02. The molecule has 0 bridgehead atoms. The van der Waals surface area contributed by atoms with E-state index < -0.39 is 15.8 Å². The van der Waals surface area contributed by atoms with Crippen molar-refractivity contribution in [1.29, 1.82) is 0 Å². The van der Waals surface area contributed by atoms with Crippen molar-refractivity contribution < 1.29 is 17.5 Å². The van der Waals surface area contributed by atoms with E-state index >= 15 is 0 Å². The lowest BCUT2D eigenvalue weighted by Gasteiger charge is -2.31. The third-order valence-corrected chi connectivity index (χ3v) is 5.57. The molecule has 0 aromatic heterocycles. The van der Waals surface area contributed by atoms with Crippen LogP contribution in [0, 0.1) is 5.82 Å². The van der Waals surface area contributed by atoms with Crippen LogP contribution >= 0.6 is 0 Å². The van der Waals surface area contributed by atoms with Gasteiger partial charge in [-0.15, -0.1) is 0 Å². The van der Waals surface area contributed by atoms with E-state index in [1.807, 2.05) is 6.92 Å². The number of piperidine rings is 1. The van der Waals surface area contributed by atoms with Crippen LogP contribution in [-0.4, -0.2) is 38.5 Å². The van der Waals surface area contributed by atoms with E-state index in [1.54, 1.807) is 0 Å². The summed E-state index contributed by atoms with van der Waals surface area (Å²) in [4.78, 5) is -0.291. The number of ether oxygens (including phenoxy) is 1. The number of hydrogen-bond acceptors (Lipinski definition) is 4. The van der Waals surface area contributed by atoms with E-state index in [-0.39, 0.29) is 17.5 Å². The van der Waals surface area contributed by atoms with E-state index in [0.717, 1.165) is 6.07 Å². The summed E-state index contributed by atoms with van der Waals surface area (Å²) in [5.41, 5.74) is 6.09. The van der Waals surface area contributed by atoms with Gasteiger partial charge in [0.25, 0.3) is 0 Å². The lowest BCUT2D eigenvalue weighted by Crippen LogP contribution is -2.41. The first-order valence-corrected chi connectivity index (χ1v) is 8.53. The Morgan fingerprint density at radius 2 is 2.05 bits per heavy atom. The van der Waals surface area contributed by atoms with Gasteiger partial charge in [-0.3, -0.25) is 0 Å². The Balaban J connectivity index is 2.19. The summed E-state index contributed by atoms with van der Waals surface area (Å²) >= 11 is 0. The van der Waals surface area contributed by atoms with Crippen LogP contribution in [0.25, 0.3) is 0 Å². The molecule has 1 saturated heterocycles. The molecule has 1 heterocycles. The molecule has 0 saturated carbocycles. The minimum absolute atomic E-state index is 0.0849. The normalized spacial score (nSPS) is 18.0. The fraction of sp³-hybridized carbons (Fsp3) is 0.571. The maximum atomic E-state index is 13.9. The van der Waals surface area contributed by atoms with E-state index in [1.165, 1.54) is 16.4 Å². The van der Waals surface area contributed by atoms with Gasteiger partial charge in [-0.05, 0) is 37.5 Å². The lowest BCUT2D eigenvalue weighted by atomic mass is 10.1. The largest absolute Gasteiger partial charge is 0.378 e. The zero-order valence-electron chi connectivity index (χ0n) is 12.1. The van der Waals surface area contributed by atoms with Gasteiger partial charge in [0.2, 0.25) is 10.0 Å². The van der Waals surface area contributed by atoms with E-state index in [9.17, 15) is 12.8 Å². The predicted octanol–water partition coefficient (Wildman–Crippen LogP) is 1.47. The van der Waals surface area contributed by atoms with Gasteiger partial charge in [-0.25, -0.2) is 12.8 Å². The summed E-state index contributed by atoms with van der Waals surface area (Å²) < 4.78 is 45.8. The zero-order valence-corrected chi connectivity index (χ0v) is 12.9. The molecule has 1 aliphatic heterocycles. The minimum Gasteiger partial charge on any atom is -0.378 e. The Labute approximate surface area is 124 Å². The van der Waals surface area contributed by atoms with Crippen LogP contribution in [0.4, 0.5) is 4.39 Å². The van der Waals surface area contributed by atoms with Crippen molar-refractivity contribution >= 4 is 10.0 Å². The molecular formula is C14H21FN2O3S. The number of halogens is 1. The van der Waals surface area contributed by atoms with Crippen LogP contribution < -0.4 is 5.73 Å². The van der Waals surface area contributed by atoms with Gasteiger partial charge < -0.3 is 10.5 Å². The van der Waals surface area contributed by atoms with Crippen LogP contribution in [0.3, 0.4) is 0 Å². The molecule has 5 nitrogen and oxygen atoms in total. The van der Waals surface area contributed by atoms with Gasteiger partial charge in [-0.1, -0.05) is 6.07 Å². The monoisotopic (exact) mass is 316 g/mol. The molecule has 0 aliphatic carbocycles. The molecule has 118 valence electrons. The van der Waals surface area contributed by atoms with Gasteiger partial charge in [-0.2, -0.15) is 4.31 Å². The highest BCUT2D eigenvalue weighted by Crippen LogP contribution is 2.24. The molecule has 1 fully saturated rings. The SMILES string of the molecule is CCOC1CCN(S(=O)(=O)c2cc(CN)ccc2F)CC1. The molecule has 7 heteroatoms. The number of hydrogen-bond donors (Lipinski definition) is 1. The average Bonchev–Trinajstić information content (AvgIpc) is 2.48. The van der Waals surface area contributed by atoms with Crippen molar-refractivity contribution in [2.24, 2.45) is 5.73 Å². The van der Waals surface area contributed by atoms with Crippen LogP contribution in [-0.2, 0) is 21.3 Å². The Morgan fingerprint density at radius 1 is 1.38 bits per heavy atom. The third-order valence-electron chi connectivity index (χ3n) is 3.65. The number of benzene rings is 1. The van der Waals surface area contributed by atoms with Crippen LogP contribution in [0.1, 0.15) is 25.3 Å². The molecule has 21 heavy (non-hydrogen) atoms. The fourth-order valence-electron chi connectivity index (χ4n) is 2.49. The fourth-order valence-corrected chi connectivity index (χ4v) is 4.07. The summed E-state index contributed by atoms with van der Waals surface area (Å²) in [6.45, 7) is 3.40. The Bertz CT molecular complexity index is 584. The van der Waals surface area contributed by atoms with Gasteiger partial charge in [0.1, 0.15) is 10.7 Å². The molecule has 0 atom stereocenters. The molecule has 2 N–H and O–H groups in total. The lowest BCUT2D eigenvalue weighted by molar-refractivity contribution is 0.0290. The maximum absolute atomic E-state index is 13.9. The smallest absolute Gasteiger partial charge is 0.245 e. The second-order valence-electron chi connectivity index (χ2n) is 5.03. The molecule has 1 aromatic rings. The average molecular weight is 316 g/mol. The van der Waals surface area contributed by atoms with Crippen molar-refractivity contribution in [3.63, 3.8) is 0 Å². The van der Waals surface area contributed by atoms with Crippen molar-refractivity contribution in [3.8, 4) is 0 Å². The number of rotatable bonds is 5. The molecule has 0 radical (unpaired) electrons. The quantitative estimate of drug-likeness (QED) is 0.893. The number of nitrogens with zero attached hydrogens (tertiary/aromatic N) is 1. The number of sulfonamides is 1. The molecule has 2 rings (SSSR count). The predicted molar refractivity (Wildman–Crippen MR) is 77.7 cm³/mol. The topological polar surface area (TPSA) is 72.6 Å². The standard InChI is InChI=1S/C14H21FN2O3S/c1-2-20-12-5-7-17(8-6-12)21(18,19)14-9-11(10-16)3-4-13(14)15/h3-4,9,12H,2,5-8,10,16H2,1H3. The highest BCUT2D eigenvalue weighted by molar-refractivity contribution is 7.89. The van der Waals surface area contributed by atoms with Gasteiger partial charge in [0.05, 0.1) is 6.10 Å².